The maximum atomic E-state index is 6.01. The maximum absolute atomic E-state index is 6.01. The number of nitrogens with zero attached hydrogens (tertiary/aromatic N) is 3. The first kappa shape index (κ1) is 22.2. The molecule has 1 heterocycles. The highest BCUT2D eigenvalue weighted by Crippen LogP contribution is 2.42. The third kappa shape index (κ3) is 6.44. The van der Waals surface area contributed by atoms with Crippen LogP contribution in [-0.2, 0) is 11.3 Å². The molecule has 0 bridgehead atoms. The predicted octanol–water partition coefficient (Wildman–Crippen LogP) is 3.04. The summed E-state index contributed by atoms with van der Waals surface area (Å²) >= 11 is 0. The Hall–Kier alpha value is -0.830. The maximum Gasteiger partial charge on any atom is 0.191 e. The molecule has 2 N–H and O–H groups in total. The molecule has 1 aliphatic rings. The third-order valence-electron chi connectivity index (χ3n) is 4.94. The first-order chi connectivity index (χ1) is 11.6. The number of hydrogen-bond acceptors (Lipinski definition) is 3. The Bertz CT molecular complexity index is 504. The zero-order valence-corrected chi connectivity index (χ0v) is 18.3. The molecule has 6 nitrogen and oxygen atoms in total. The second kappa shape index (κ2) is 11.0. The van der Waals surface area contributed by atoms with Gasteiger partial charge in [-0.3, -0.25) is 9.67 Å². The minimum absolute atomic E-state index is 0. The van der Waals surface area contributed by atoms with Gasteiger partial charge in [-0.05, 0) is 25.3 Å². The fourth-order valence-electron chi connectivity index (χ4n) is 3.02. The lowest BCUT2D eigenvalue weighted by atomic mass is 9.64. The average Bonchev–Trinajstić information content (AvgIpc) is 3.08. The van der Waals surface area contributed by atoms with E-state index in [0.717, 1.165) is 44.9 Å². The van der Waals surface area contributed by atoms with Crippen LogP contribution in [0.2, 0.25) is 0 Å². The second-order valence-corrected chi connectivity index (χ2v) is 7.09. The van der Waals surface area contributed by atoms with Gasteiger partial charge in [-0.1, -0.05) is 27.2 Å². The van der Waals surface area contributed by atoms with Gasteiger partial charge in [0.15, 0.2) is 5.96 Å². The molecule has 1 aromatic rings. The first-order valence-electron chi connectivity index (χ1n) is 9.14. The Kier molecular flexibility index (Phi) is 9.78. The van der Waals surface area contributed by atoms with Crippen LogP contribution in [0.1, 0.15) is 46.5 Å². The Morgan fingerprint density at radius 2 is 2.20 bits per heavy atom. The molecule has 0 aliphatic heterocycles. The number of hydrogen-bond donors (Lipinski definition) is 2. The summed E-state index contributed by atoms with van der Waals surface area (Å²) in [6, 6.07) is 2.35. The van der Waals surface area contributed by atoms with E-state index < -0.39 is 0 Å². The Morgan fingerprint density at radius 3 is 2.80 bits per heavy atom. The zero-order chi connectivity index (χ0) is 17.4. The molecular weight excluding hydrogens is 429 g/mol. The highest BCUT2D eigenvalue weighted by molar-refractivity contribution is 14.0. The van der Waals surface area contributed by atoms with Gasteiger partial charge in [0.2, 0.25) is 0 Å². The van der Waals surface area contributed by atoms with E-state index in [1.165, 1.54) is 6.42 Å². The molecule has 1 aliphatic carbocycles. The smallest absolute Gasteiger partial charge is 0.191 e. The van der Waals surface area contributed by atoms with Crippen molar-refractivity contribution in [3.05, 3.63) is 18.5 Å². The molecule has 1 fully saturated rings. The van der Waals surface area contributed by atoms with Crippen molar-refractivity contribution < 1.29 is 4.74 Å². The summed E-state index contributed by atoms with van der Waals surface area (Å²) < 4.78 is 7.96. The van der Waals surface area contributed by atoms with Crippen LogP contribution in [0.25, 0.3) is 0 Å². The molecule has 0 radical (unpaired) electrons. The van der Waals surface area contributed by atoms with Crippen LogP contribution in [0.15, 0.2) is 23.5 Å². The Balaban J connectivity index is 0.00000312. The van der Waals surface area contributed by atoms with Crippen LogP contribution < -0.4 is 10.6 Å². The van der Waals surface area contributed by atoms with E-state index in [1.807, 2.05) is 30.2 Å². The Labute approximate surface area is 169 Å². The van der Waals surface area contributed by atoms with Gasteiger partial charge in [0.25, 0.3) is 0 Å². The molecule has 0 saturated heterocycles. The quantitative estimate of drug-likeness (QED) is 0.256. The summed E-state index contributed by atoms with van der Waals surface area (Å²) in [7, 11) is 1.82. The van der Waals surface area contributed by atoms with Crippen molar-refractivity contribution in [1.29, 1.82) is 0 Å². The summed E-state index contributed by atoms with van der Waals surface area (Å²) in [5.41, 5.74) is 0.139. The minimum Gasteiger partial charge on any atom is -0.378 e. The summed E-state index contributed by atoms with van der Waals surface area (Å²) in [4.78, 5) is 4.34. The van der Waals surface area contributed by atoms with Gasteiger partial charge in [-0.2, -0.15) is 5.10 Å². The number of nitrogens with one attached hydrogen (secondary N) is 2. The third-order valence-corrected chi connectivity index (χ3v) is 4.94. The molecule has 0 amide bonds. The second-order valence-electron chi connectivity index (χ2n) is 7.09. The van der Waals surface area contributed by atoms with Crippen molar-refractivity contribution in [2.24, 2.45) is 10.4 Å². The van der Waals surface area contributed by atoms with Crippen LogP contribution in [0.3, 0.4) is 0 Å². The SMILES string of the molecule is CCCCOC1CC(NC(=NC)NCCCn2cccn2)C1(C)C.I. The van der Waals surface area contributed by atoms with Gasteiger partial charge in [-0.15, -0.1) is 24.0 Å². The number of rotatable bonds is 9. The number of aromatic nitrogens is 2. The van der Waals surface area contributed by atoms with E-state index in [0.29, 0.717) is 12.1 Å². The largest absolute Gasteiger partial charge is 0.378 e. The molecular formula is C18H34IN5O. The highest BCUT2D eigenvalue weighted by Gasteiger charge is 2.49. The van der Waals surface area contributed by atoms with Crippen LogP contribution in [0.5, 0.6) is 0 Å². The molecule has 1 aromatic heterocycles. The van der Waals surface area contributed by atoms with Gasteiger partial charge >= 0.3 is 0 Å². The number of ether oxygens (including phenoxy) is 1. The van der Waals surface area contributed by atoms with Crippen LogP contribution in [-0.4, -0.2) is 48.1 Å². The van der Waals surface area contributed by atoms with Crippen molar-refractivity contribution >= 4 is 29.9 Å². The number of unbranched alkanes of at least 4 members (excludes halogenated alkanes) is 1. The first-order valence-corrected chi connectivity index (χ1v) is 9.14. The van der Waals surface area contributed by atoms with E-state index in [-0.39, 0.29) is 29.4 Å². The lowest BCUT2D eigenvalue weighted by Gasteiger charge is -2.52. The number of aliphatic imine (C=N–C) groups is 1. The standard InChI is InChI=1S/C18H33N5O.HI/c1-5-6-13-24-16-14-15(18(16,2)3)22-17(19-4)20-9-7-11-23-12-8-10-21-23;/h8,10,12,15-16H,5-7,9,11,13-14H2,1-4H3,(H2,19,20,22);1H. The lowest BCUT2D eigenvalue weighted by molar-refractivity contribution is -0.113. The molecule has 0 aromatic carbocycles. The van der Waals surface area contributed by atoms with E-state index >= 15 is 0 Å². The Morgan fingerprint density at radius 1 is 1.40 bits per heavy atom. The van der Waals surface area contributed by atoms with E-state index in [2.05, 4.69) is 41.5 Å². The minimum atomic E-state index is 0. The van der Waals surface area contributed by atoms with Crippen molar-refractivity contribution in [2.75, 3.05) is 20.2 Å². The van der Waals surface area contributed by atoms with Gasteiger partial charge in [0.05, 0.1) is 6.10 Å². The lowest BCUT2D eigenvalue weighted by Crippen LogP contribution is -2.63. The molecule has 2 atom stereocenters. The summed E-state index contributed by atoms with van der Waals surface area (Å²) in [5.74, 6) is 0.876. The van der Waals surface area contributed by atoms with Gasteiger partial charge in [0, 0.05) is 50.6 Å². The van der Waals surface area contributed by atoms with E-state index in [1.54, 1.807) is 0 Å². The van der Waals surface area contributed by atoms with Crippen LogP contribution >= 0.6 is 24.0 Å². The monoisotopic (exact) mass is 463 g/mol. The molecule has 2 unspecified atom stereocenters. The van der Waals surface area contributed by atoms with Gasteiger partial charge in [0.1, 0.15) is 0 Å². The molecule has 25 heavy (non-hydrogen) atoms. The molecule has 1 saturated carbocycles. The number of halogens is 1. The van der Waals surface area contributed by atoms with Crippen LogP contribution in [0, 0.1) is 5.41 Å². The number of guanidine groups is 1. The van der Waals surface area contributed by atoms with Crippen LogP contribution in [0.4, 0.5) is 0 Å². The molecule has 2 rings (SSSR count). The number of aryl methyl sites for hydroxylation is 1. The van der Waals surface area contributed by atoms with E-state index in [9.17, 15) is 0 Å². The fourth-order valence-corrected chi connectivity index (χ4v) is 3.02. The predicted molar refractivity (Wildman–Crippen MR) is 114 cm³/mol. The zero-order valence-electron chi connectivity index (χ0n) is 16.0. The molecule has 144 valence electrons. The highest BCUT2D eigenvalue weighted by atomic mass is 127. The summed E-state index contributed by atoms with van der Waals surface area (Å²) in [6.07, 6.45) is 8.53. The van der Waals surface area contributed by atoms with Crippen molar-refractivity contribution in [2.45, 2.75) is 65.1 Å². The topological polar surface area (TPSA) is 63.5 Å². The van der Waals surface area contributed by atoms with Crippen molar-refractivity contribution in [3.63, 3.8) is 0 Å². The van der Waals surface area contributed by atoms with Gasteiger partial charge in [-0.25, -0.2) is 0 Å². The van der Waals surface area contributed by atoms with E-state index in [4.69, 9.17) is 4.74 Å². The molecule has 7 heteroatoms. The summed E-state index contributed by atoms with van der Waals surface area (Å²) in [6.45, 7) is 9.41. The van der Waals surface area contributed by atoms with Gasteiger partial charge < -0.3 is 15.4 Å². The normalized spacial score (nSPS) is 22.0. The fraction of sp³-hybridized carbons (Fsp3) is 0.778. The average molecular weight is 463 g/mol. The summed E-state index contributed by atoms with van der Waals surface area (Å²) in [5, 5.41) is 11.1. The molecule has 0 spiro atoms. The van der Waals surface area contributed by atoms with Crippen molar-refractivity contribution in [1.82, 2.24) is 20.4 Å². The van der Waals surface area contributed by atoms with Crippen molar-refractivity contribution in [3.8, 4) is 0 Å².